The molecule has 0 aromatic carbocycles. The Morgan fingerprint density at radius 3 is 1.79 bits per heavy atom. The van der Waals surface area contributed by atoms with Gasteiger partial charge in [-0.1, -0.05) is 0 Å². The van der Waals surface area contributed by atoms with E-state index < -0.39 is 26.3 Å². The van der Waals surface area contributed by atoms with Gasteiger partial charge in [0.2, 0.25) is 4.93 Å². The van der Waals surface area contributed by atoms with Crippen LogP contribution in [0.3, 0.4) is 0 Å². The second kappa shape index (κ2) is 2.69. The lowest BCUT2D eigenvalue weighted by Gasteiger charge is -2.31. The molecule has 0 amide bonds. The highest BCUT2D eigenvalue weighted by molar-refractivity contribution is 7.87. The van der Waals surface area contributed by atoms with E-state index in [1.54, 1.807) is 13.8 Å². The van der Waals surface area contributed by atoms with E-state index in [4.69, 9.17) is 9.29 Å². The van der Waals surface area contributed by atoms with Crippen molar-refractivity contribution in [1.29, 1.82) is 0 Å². The molecular weight excluding hydrogens is 208 g/mol. The average molecular weight is 224 g/mol. The van der Waals surface area contributed by atoms with Crippen molar-refractivity contribution in [1.82, 2.24) is 0 Å². The lowest BCUT2D eigenvalue weighted by Crippen LogP contribution is -2.52. The fraction of sp³-hybridized carbons (Fsp3) is 1.00. The summed E-state index contributed by atoms with van der Waals surface area (Å²) in [6, 6.07) is 0. The number of ether oxygens (including phenoxy) is 1. The van der Waals surface area contributed by atoms with Crippen LogP contribution in [0.15, 0.2) is 0 Å². The van der Waals surface area contributed by atoms with Crippen molar-refractivity contribution >= 4 is 10.1 Å². The van der Waals surface area contributed by atoms with Crippen LogP contribution in [0.1, 0.15) is 34.1 Å². The molecule has 0 radical (unpaired) electrons. The van der Waals surface area contributed by atoms with Crippen LogP contribution in [0, 0.1) is 0 Å². The summed E-state index contributed by atoms with van der Waals surface area (Å²) in [6.45, 7) is 6.21. The molecule has 5 nitrogen and oxygen atoms in total. The van der Waals surface area contributed by atoms with Crippen LogP contribution >= 0.6 is 0 Å². The largest absolute Gasteiger partial charge is 0.370 e. The lowest BCUT2D eigenvalue weighted by molar-refractivity contribution is -0.101. The van der Waals surface area contributed by atoms with Crippen LogP contribution in [0.2, 0.25) is 0 Å². The zero-order valence-electron chi connectivity index (χ0n) is 8.73. The third kappa shape index (κ3) is 1.56. The Morgan fingerprint density at radius 1 is 1.21 bits per heavy atom. The van der Waals surface area contributed by atoms with Crippen LogP contribution in [-0.4, -0.2) is 34.2 Å². The van der Waals surface area contributed by atoms with Gasteiger partial charge in [-0.15, -0.1) is 0 Å². The van der Waals surface area contributed by atoms with Gasteiger partial charge in [-0.3, -0.25) is 4.55 Å². The van der Waals surface area contributed by atoms with Crippen molar-refractivity contribution in [2.75, 3.05) is 0 Å². The smallest absolute Gasteiger partial charge is 0.298 e. The minimum absolute atomic E-state index is 0.147. The predicted molar refractivity (Wildman–Crippen MR) is 50.4 cm³/mol. The molecule has 1 saturated heterocycles. The van der Waals surface area contributed by atoms with Gasteiger partial charge >= 0.3 is 0 Å². The van der Waals surface area contributed by atoms with Crippen LogP contribution in [0.4, 0.5) is 0 Å². The molecule has 0 aromatic rings. The Balaban J connectivity index is 3.26. The molecule has 1 rings (SSSR count). The first-order valence-electron chi connectivity index (χ1n) is 4.31. The van der Waals surface area contributed by atoms with Gasteiger partial charge in [-0.25, -0.2) is 0 Å². The van der Waals surface area contributed by atoms with E-state index in [0.717, 1.165) is 0 Å². The summed E-state index contributed by atoms with van der Waals surface area (Å²) in [7, 11) is -4.55. The molecule has 2 N–H and O–H groups in total. The van der Waals surface area contributed by atoms with E-state index in [-0.39, 0.29) is 6.42 Å². The molecule has 1 aliphatic heterocycles. The van der Waals surface area contributed by atoms with Gasteiger partial charge in [-0.05, 0) is 27.7 Å². The second-order valence-corrected chi connectivity index (χ2v) is 6.43. The first-order valence-corrected chi connectivity index (χ1v) is 5.75. The minimum atomic E-state index is -4.55. The van der Waals surface area contributed by atoms with Gasteiger partial charge in [0.05, 0.1) is 5.60 Å². The summed E-state index contributed by atoms with van der Waals surface area (Å²) >= 11 is 0. The van der Waals surface area contributed by atoms with Crippen molar-refractivity contribution in [3.05, 3.63) is 0 Å². The molecule has 0 spiro atoms. The summed E-state index contributed by atoms with van der Waals surface area (Å²) in [5, 5.41) is 9.93. The summed E-state index contributed by atoms with van der Waals surface area (Å²) in [4.78, 5) is -2.23. The topological polar surface area (TPSA) is 83.8 Å². The predicted octanol–water partition coefficient (Wildman–Crippen LogP) is 0.540. The highest BCUT2D eigenvalue weighted by Gasteiger charge is 2.63. The molecule has 1 fully saturated rings. The SMILES string of the molecule is CC1(C)CC(O)(S(=O)(=O)O)C(C)(C)O1. The van der Waals surface area contributed by atoms with Crippen molar-refractivity contribution < 1.29 is 22.8 Å². The summed E-state index contributed by atoms with van der Waals surface area (Å²) < 4.78 is 36.5. The quantitative estimate of drug-likeness (QED) is 0.635. The molecule has 0 saturated carbocycles. The van der Waals surface area contributed by atoms with Gasteiger partial charge in [0, 0.05) is 6.42 Å². The van der Waals surface area contributed by atoms with Gasteiger partial charge < -0.3 is 9.84 Å². The molecule has 1 atom stereocenters. The minimum Gasteiger partial charge on any atom is -0.370 e. The maximum atomic E-state index is 11.1. The zero-order chi connectivity index (χ0) is 11.4. The van der Waals surface area contributed by atoms with Gasteiger partial charge in [0.15, 0.2) is 0 Å². The fourth-order valence-corrected chi connectivity index (χ4v) is 3.19. The van der Waals surface area contributed by atoms with E-state index in [1.165, 1.54) is 13.8 Å². The Morgan fingerprint density at radius 2 is 1.64 bits per heavy atom. The van der Waals surface area contributed by atoms with Gasteiger partial charge in [0.1, 0.15) is 5.60 Å². The molecule has 0 aliphatic carbocycles. The Hall–Kier alpha value is -0.170. The normalized spacial score (nSPS) is 35.9. The fourth-order valence-electron chi connectivity index (χ4n) is 2.00. The molecular formula is C8H16O5S. The lowest BCUT2D eigenvalue weighted by atomic mass is 9.96. The maximum absolute atomic E-state index is 11.1. The van der Waals surface area contributed by atoms with E-state index in [1.807, 2.05) is 0 Å². The molecule has 0 aromatic heterocycles. The first kappa shape index (κ1) is 11.9. The van der Waals surface area contributed by atoms with Crippen LogP contribution in [0.5, 0.6) is 0 Å². The number of hydrogen-bond donors (Lipinski definition) is 2. The highest BCUT2D eigenvalue weighted by Crippen LogP contribution is 2.47. The summed E-state index contributed by atoms with van der Waals surface area (Å²) in [5.41, 5.74) is -2.09. The molecule has 0 bridgehead atoms. The number of aliphatic hydroxyl groups is 1. The van der Waals surface area contributed by atoms with E-state index >= 15 is 0 Å². The van der Waals surface area contributed by atoms with Crippen LogP contribution < -0.4 is 0 Å². The maximum Gasteiger partial charge on any atom is 0.298 e. The monoisotopic (exact) mass is 224 g/mol. The molecule has 1 heterocycles. The van der Waals surface area contributed by atoms with Crippen molar-refractivity contribution in [3.63, 3.8) is 0 Å². The summed E-state index contributed by atoms with van der Waals surface area (Å²) in [5.74, 6) is 0. The molecule has 1 aliphatic rings. The molecule has 14 heavy (non-hydrogen) atoms. The highest BCUT2D eigenvalue weighted by atomic mass is 32.2. The zero-order valence-corrected chi connectivity index (χ0v) is 9.55. The van der Waals surface area contributed by atoms with E-state index in [0.29, 0.717) is 0 Å². The van der Waals surface area contributed by atoms with Gasteiger partial charge in [-0.2, -0.15) is 8.42 Å². The molecule has 6 heteroatoms. The van der Waals surface area contributed by atoms with Crippen molar-refractivity contribution in [2.24, 2.45) is 0 Å². The van der Waals surface area contributed by atoms with Crippen molar-refractivity contribution in [2.45, 2.75) is 50.3 Å². The van der Waals surface area contributed by atoms with Crippen LogP contribution in [0.25, 0.3) is 0 Å². The number of hydrogen-bond acceptors (Lipinski definition) is 4. The second-order valence-electron chi connectivity index (χ2n) is 4.81. The standard InChI is InChI=1S/C8H16O5S/c1-6(2)5-8(9,14(10,11)12)7(3,4)13-6/h9H,5H2,1-4H3,(H,10,11,12). The number of rotatable bonds is 1. The van der Waals surface area contributed by atoms with Crippen LogP contribution in [-0.2, 0) is 14.9 Å². The Kier molecular flexibility index (Phi) is 2.29. The Labute approximate surface area is 83.8 Å². The molecule has 1 unspecified atom stereocenters. The Bertz CT molecular complexity index is 343. The average Bonchev–Trinajstić information content (AvgIpc) is 1.94. The van der Waals surface area contributed by atoms with E-state index in [2.05, 4.69) is 0 Å². The summed E-state index contributed by atoms with van der Waals surface area (Å²) in [6.07, 6.45) is -0.147. The van der Waals surface area contributed by atoms with E-state index in [9.17, 15) is 13.5 Å². The van der Waals surface area contributed by atoms with Gasteiger partial charge in [0.25, 0.3) is 10.1 Å². The first-order chi connectivity index (χ1) is 5.91. The third-order valence-corrected chi connectivity index (χ3v) is 4.05. The molecule has 84 valence electrons. The van der Waals surface area contributed by atoms with Crippen molar-refractivity contribution in [3.8, 4) is 0 Å². The third-order valence-electron chi connectivity index (χ3n) is 2.56.